The van der Waals surface area contributed by atoms with E-state index in [-0.39, 0.29) is 11.8 Å². The monoisotopic (exact) mass is 418 g/mol. The zero-order valence-electron chi connectivity index (χ0n) is 14.3. The van der Waals surface area contributed by atoms with Crippen LogP contribution in [-0.4, -0.2) is 47.8 Å². The summed E-state index contributed by atoms with van der Waals surface area (Å²) in [7, 11) is 0. The predicted molar refractivity (Wildman–Crippen MR) is 110 cm³/mol. The number of halogens is 2. The fourth-order valence-electron chi connectivity index (χ4n) is 3.18. The standard InChI is InChI=1S/C20H16Cl2N2O2S/c21-14-7-5-13(6-8-14)19(25)23-9-11-24(12-10-23)20(26)18-17(22)15-3-1-2-4-16(15)27-18/h1-8H,9-12H2. The highest BCUT2D eigenvalue weighted by Gasteiger charge is 2.28. The van der Waals surface area contributed by atoms with Crippen molar-refractivity contribution in [3.63, 3.8) is 0 Å². The van der Waals surface area contributed by atoms with Gasteiger partial charge in [-0.15, -0.1) is 11.3 Å². The summed E-state index contributed by atoms with van der Waals surface area (Å²) < 4.78 is 1.00. The predicted octanol–water partition coefficient (Wildman–Crippen LogP) is 4.81. The van der Waals surface area contributed by atoms with Crippen molar-refractivity contribution in [2.24, 2.45) is 0 Å². The van der Waals surface area contributed by atoms with E-state index >= 15 is 0 Å². The van der Waals surface area contributed by atoms with Gasteiger partial charge in [-0.05, 0) is 30.3 Å². The molecule has 3 aromatic rings. The Morgan fingerprint density at radius 1 is 0.815 bits per heavy atom. The van der Waals surface area contributed by atoms with E-state index in [1.54, 1.807) is 34.1 Å². The quantitative estimate of drug-likeness (QED) is 0.599. The molecule has 138 valence electrons. The summed E-state index contributed by atoms with van der Waals surface area (Å²) in [5, 5.41) is 2.02. The number of benzene rings is 2. The molecular formula is C20H16Cl2N2O2S. The molecular weight excluding hydrogens is 403 g/mol. The summed E-state index contributed by atoms with van der Waals surface area (Å²) in [6.45, 7) is 1.97. The number of carbonyl (C=O) groups is 2. The van der Waals surface area contributed by atoms with E-state index in [4.69, 9.17) is 23.2 Å². The number of piperazine rings is 1. The first-order valence-corrected chi connectivity index (χ1v) is 10.1. The Morgan fingerprint density at radius 3 is 2.04 bits per heavy atom. The Hall–Kier alpha value is -2.08. The number of carbonyl (C=O) groups excluding carboxylic acids is 2. The van der Waals surface area contributed by atoms with Crippen LogP contribution in [0.5, 0.6) is 0 Å². The summed E-state index contributed by atoms with van der Waals surface area (Å²) in [4.78, 5) is 29.6. The first kappa shape index (κ1) is 18.3. The Morgan fingerprint density at radius 2 is 1.41 bits per heavy atom. The normalized spacial score (nSPS) is 14.6. The van der Waals surface area contributed by atoms with Crippen molar-refractivity contribution >= 4 is 56.4 Å². The summed E-state index contributed by atoms with van der Waals surface area (Å²) in [6.07, 6.45) is 0. The lowest BCUT2D eigenvalue weighted by Gasteiger charge is -2.34. The molecule has 1 aliphatic rings. The molecule has 0 spiro atoms. The van der Waals surface area contributed by atoms with Gasteiger partial charge in [0.05, 0.1) is 5.02 Å². The number of nitrogens with zero attached hydrogens (tertiary/aromatic N) is 2. The van der Waals surface area contributed by atoms with Gasteiger partial charge in [-0.3, -0.25) is 9.59 Å². The van der Waals surface area contributed by atoms with Crippen molar-refractivity contribution in [2.75, 3.05) is 26.2 Å². The van der Waals surface area contributed by atoms with Crippen LogP contribution in [0.2, 0.25) is 10.0 Å². The van der Waals surface area contributed by atoms with Crippen LogP contribution in [-0.2, 0) is 0 Å². The molecule has 4 nitrogen and oxygen atoms in total. The number of amides is 2. The molecule has 1 fully saturated rings. The highest BCUT2D eigenvalue weighted by atomic mass is 35.5. The SMILES string of the molecule is O=C(c1ccc(Cl)cc1)N1CCN(C(=O)c2sc3ccccc3c2Cl)CC1. The summed E-state index contributed by atoms with van der Waals surface area (Å²) in [5.74, 6) is -0.113. The lowest BCUT2D eigenvalue weighted by atomic mass is 10.2. The molecule has 0 aliphatic carbocycles. The van der Waals surface area contributed by atoms with E-state index in [0.717, 1.165) is 10.1 Å². The second-order valence-electron chi connectivity index (χ2n) is 6.33. The minimum Gasteiger partial charge on any atom is -0.335 e. The van der Waals surface area contributed by atoms with E-state index in [2.05, 4.69) is 0 Å². The molecule has 1 aromatic heterocycles. The first-order valence-electron chi connectivity index (χ1n) is 8.56. The zero-order chi connectivity index (χ0) is 19.0. The van der Waals surface area contributed by atoms with Gasteiger partial charge in [-0.1, -0.05) is 41.4 Å². The van der Waals surface area contributed by atoms with E-state index in [1.807, 2.05) is 24.3 Å². The third-order valence-electron chi connectivity index (χ3n) is 4.67. The van der Waals surface area contributed by atoms with Crippen LogP contribution < -0.4 is 0 Å². The Bertz CT molecular complexity index is 1010. The lowest BCUT2D eigenvalue weighted by molar-refractivity contribution is 0.0538. The van der Waals surface area contributed by atoms with Gasteiger partial charge in [0.25, 0.3) is 11.8 Å². The van der Waals surface area contributed by atoms with Gasteiger partial charge in [0.1, 0.15) is 4.88 Å². The van der Waals surface area contributed by atoms with E-state index in [0.29, 0.717) is 46.7 Å². The molecule has 0 atom stereocenters. The zero-order valence-corrected chi connectivity index (χ0v) is 16.7. The molecule has 1 aliphatic heterocycles. The fraction of sp³-hybridized carbons (Fsp3) is 0.200. The summed E-state index contributed by atoms with van der Waals surface area (Å²) in [5.41, 5.74) is 0.603. The highest BCUT2D eigenvalue weighted by Crippen LogP contribution is 2.36. The minimum absolute atomic E-state index is 0.0429. The smallest absolute Gasteiger partial charge is 0.265 e. The van der Waals surface area contributed by atoms with E-state index < -0.39 is 0 Å². The molecule has 2 heterocycles. The maximum atomic E-state index is 12.9. The van der Waals surface area contributed by atoms with E-state index in [9.17, 15) is 9.59 Å². The highest BCUT2D eigenvalue weighted by molar-refractivity contribution is 7.21. The lowest BCUT2D eigenvalue weighted by Crippen LogP contribution is -2.50. The van der Waals surface area contributed by atoms with Crippen LogP contribution >= 0.6 is 34.5 Å². The van der Waals surface area contributed by atoms with Gasteiger partial charge >= 0.3 is 0 Å². The van der Waals surface area contributed by atoms with Crippen molar-refractivity contribution in [2.45, 2.75) is 0 Å². The molecule has 0 unspecified atom stereocenters. The van der Waals surface area contributed by atoms with Gasteiger partial charge < -0.3 is 9.80 Å². The van der Waals surface area contributed by atoms with Crippen LogP contribution in [0, 0.1) is 0 Å². The molecule has 4 rings (SSSR count). The summed E-state index contributed by atoms with van der Waals surface area (Å²) in [6, 6.07) is 14.6. The van der Waals surface area contributed by atoms with Crippen LogP contribution in [0.3, 0.4) is 0 Å². The van der Waals surface area contributed by atoms with E-state index in [1.165, 1.54) is 11.3 Å². The van der Waals surface area contributed by atoms with Crippen LogP contribution in [0.15, 0.2) is 48.5 Å². The number of thiophene rings is 1. The van der Waals surface area contributed by atoms with Crippen molar-refractivity contribution < 1.29 is 9.59 Å². The Kier molecular flexibility index (Phi) is 5.08. The second-order valence-corrected chi connectivity index (χ2v) is 8.20. The molecule has 0 saturated carbocycles. The van der Waals surface area contributed by atoms with Crippen LogP contribution in [0.4, 0.5) is 0 Å². The third-order valence-corrected chi connectivity index (χ3v) is 6.59. The van der Waals surface area contributed by atoms with Crippen LogP contribution in [0.25, 0.3) is 10.1 Å². The fourth-order valence-corrected chi connectivity index (χ4v) is 4.79. The Balaban J connectivity index is 1.45. The maximum Gasteiger partial charge on any atom is 0.265 e. The number of hydrogen-bond acceptors (Lipinski definition) is 3. The average molecular weight is 419 g/mol. The van der Waals surface area contributed by atoms with Gasteiger partial charge in [-0.25, -0.2) is 0 Å². The molecule has 2 aromatic carbocycles. The van der Waals surface area contributed by atoms with Gasteiger partial charge in [-0.2, -0.15) is 0 Å². The number of hydrogen-bond donors (Lipinski definition) is 0. The third kappa shape index (κ3) is 3.55. The summed E-state index contributed by atoms with van der Waals surface area (Å²) >= 11 is 13.7. The molecule has 0 bridgehead atoms. The Labute approximate surface area is 170 Å². The minimum atomic E-state index is -0.0696. The average Bonchev–Trinajstić information content (AvgIpc) is 3.04. The van der Waals surface area contributed by atoms with Crippen molar-refractivity contribution in [1.82, 2.24) is 9.80 Å². The molecule has 0 N–H and O–H groups in total. The van der Waals surface area contributed by atoms with Crippen LogP contribution in [0.1, 0.15) is 20.0 Å². The second kappa shape index (κ2) is 7.50. The topological polar surface area (TPSA) is 40.6 Å². The van der Waals surface area contributed by atoms with Gasteiger partial charge in [0.15, 0.2) is 0 Å². The molecule has 27 heavy (non-hydrogen) atoms. The van der Waals surface area contributed by atoms with Crippen molar-refractivity contribution in [3.8, 4) is 0 Å². The van der Waals surface area contributed by atoms with Crippen molar-refractivity contribution in [1.29, 1.82) is 0 Å². The molecule has 0 radical (unpaired) electrons. The largest absolute Gasteiger partial charge is 0.335 e. The number of rotatable bonds is 2. The number of fused-ring (bicyclic) bond motifs is 1. The molecule has 2 amide bonds. The van der Waals surface area contributed by atoms with Gasteiger partial charge in [0, 0.05) is 46.9 Å². The molecule has 1 saturated heterocycles. The van der Waals surface area contributed by atoms with Crippen molar-refractivity contribution in [3.05, 3.63) is 69.0 Å². The molecule has 7 heteroatoms. The first-order chi connectivity index (χ1) is 13.0. The maximum absolute atomic E-state index is 12.9. The van der Waals surface area contributed by atoms with Gasteiger partial charge in [0.2, 0.25) is 0 Å².